The van der Waals surface area contributed by atoms with Crippen LogP contribution in [0.2, 0.25) is 0 Å². The first-order chi connectivity index (χ1) is 13.1. The van der Waals surface area contributed by atoms with E-state index in [2.05, 4.69) is 10.3 Å². The zero-order valence-electron chi connectivity index (χ0n) is 15.8. The first-order valence-electron chi connectivity index (χ1n) is 9.64. The number of nitrogens with zero attached hydrogens (tertiary/aromatic N) is 2. The Bertz CT molecular complexity index is 741. The summed E-state index contributed by atoms with van der Waals surface area (Å²) in [5.74, 6) is 0.566. The number of aromatic nitrogens is 1. The highest BCUT2D eigenvalue weighted by Gasteiger charge is 2.25. The second-order valence-corrected chi connectivity index (χ2v) is 7.23. The highest BCUT2D eigenvalue weighted by Crippen LogP contribution is 2.22. The predicted octanol–water partition coefficient (Wildman–Crippen LogP) is 3.13. The number of benzene rings is 1. The van der Waals surface area contributed by atoms with Gasteiger partial charge in [0.2, 0.25) is 11.8 Å². The molecule has 0 radical (unpaired) electrons. The molecule has 1 aliphatic rings. The molecular formula is C22H27N3O2. The summed E-state index contributed by atoms with van der Waals surface area (Å²) in [6.07, 6.45) is 4.46. The number of nitrogens with one attached hydrogen (secondary N) is 1. The standard InChI is InChI=1S/C22H27N3O2/c1-17(20-9-5-6-12-23-20)24-21(26)15-19-10-13-25(14-11-19)22(27)16-18-7-3-2-4-8-18/h2-9,12,17,19H,10-11,13-16H2,1H3,(H,24,26). The number of carbonyl (C=O) groups is 2. The summed E-state index contributed by atoms with van der Waals surface area (Å²) < 4.78 is 0. The molecule has 1 N–H and O–H groups in total. The van der Waals surface area contributed by atoms with Crippen LogP contribution in [0.15, 0.2) is 54.7 Å². The minimum absolute atomic E-state index is 0.0576. The minimum atomic E-state index is -0.0914. The van der Waals surface area contributed by atoms with E-state index in [9.17, 15) is 9.59 Å². The summed E-state index contributed by atoms with van der Waals surface area (Å²) in [4.78, 5) is 31.0. The largest absolute Gasteiger partial charge is 0.348 e. The Morgan fingerprint density at radius 2 is 1.81 bits per heavy atom. The lowest BCUT2D eigenvalue weighted by molar-refractivity contribution is -0.132. The first kappa shape index (κ1) is 19.1. The second-order valence-electron chi connectivity index (χ2n) is 7.23. The van der Waals surface area contributed by atoms with Gasteiger partial charge < -0.3 is 10.2 Å². The Hall–Kier alpha value is -2.69. The van der Waals surface area contributed by atoms with Gasteiger partial charge in [-0.25, -0.2) is 0 Å². The van der Waals surface area contributed by atoms with E-state index in [4.69, 9.17) is 0 Å². The smallest absolute Gasteiger partial charge is 0.226 e. The van der Waals surface area contributed by atoms with Crippen molar-refractivity contribution in [2.24, 2.45) is 5.92 Å². The molecule has 5 heteroatoms. The fourth-order valence-corrected chi connectivity index (χ4v) is 3.54. The Morgan fingerprint density at radius 1 is 1.11 bits per heavy atom. The van der Waals surface area contributed by atoms with Gasteiger partial charge in [-0.1, -0.05) is 36.4 Å². The molecule has 0 bridgehead atoms. The van der Waals surface area contributed by atoms with Gasteiger partial charge in [0.15, 0.2) is 0 Å². The highest BCUT2D eigenvalue weighted by molar-refractivity contribution is 5.79. The van der Waals surface area contributed by atoms with Gasteiger partial charge in [-0.05, 0) is 43.4 Å². The number of amides is 2. The van der Waals surface area contributed by atoms with Gasteiger partial charge in [0.1, 0.15) is 0 Å². The van der Waals surface area contributed by atoms with Gasteiger partial charge in [-0.15, -0.1) is 0 Å². The van der Waals surface area contributed by atoms with Gasteiger partial charge in [0.05, 0.1) is 18.2 Å². The topological polar surface area (TPSA) is 62.3 Å². The zero-order valence-corrected chi connectivity index (χ0v) is 15.8. The lowest BCUT2D eigenvalue weighted by Crippen LogP contribution is -2.40. The molecule has 1 saturated heterocycles. The molecule has 1 aromatic heterocycles. The van der Waals surface area contributed by atoms with E-state index in [0.29, 0.717) is 18.8 Å². The van der Waals surface area contributed by atoms with Gasteiger partial charge in [-0.2, -0.15) is 0 Å². The summed E-state index contributed by atoms with van der Waals surface area (Å²) in [6, 6.07) is 15.5. The third-order valence-electron chi connectivity index (χ3n) is 5.15. The fourth-order valence-electron chi connectivity index (χ4n) is 3.54. The molecule has 1 unspecified atom stereocenters. The van der Waals surface area contributed by atoms with Crippen LogP contribution in [0.1, 0.15) is 43.5 Å². The Balaban J connectivity index is 1.41. The number of pyridine rings is 1. The van der Waals surface area contributed by atoms with Gasteiger partial charge >= 0.3 is 0 Å². The molecule has 1 fully saturated rings. The van der Waals surface area contributed by atoms with Gasteiger partial charge in [-0.3, -0.25) is 14.6 Å². The van der Waals surface area contributed by atoms with E-state index >= 15 is 0 Å². The maximum Gasteiger partial charge on any atom is 0.226 e. The third kappa shape index (κ3) is 5.64. The summed E-state index contributed by atoms with van der Waals surface area (Å²) in [5, 5.41) is 3.03. The molecule has 0 saturated carbocycles. The molecule has 2 aromatic rings. The van der Waals surface area contributed by atoms with Crippen molar-refractivity contribution in [2.45, 2.75) is 38.6 Å². The van der Waals surface area contributed by atoms with Crippen molar-refractivity contribution in [2.75, 3.05) is 13.1 Å². The van der Waals surface area contributed by atoms with Crippen molar-refractivity contribution >= 4 is 11.8 Å². The number of hydrogen-bond donors (Lipinski definition) is 1. The number of hydrogen-bond acceptors (Lipinski definition) is 3. The van der Waals surface area contributed by atoms with E-state index in [1.165, 1.54) is 0 Å². The number of carbonyl (C=O) groups excluding carboxylic acids is 2. The molecule has 1 aromatic carbocycles. The molecule has 1 aliphatic heterocycles. The quantitative estimate of drug-likeness (QED) is 0.855. The minimum Gasteiger partial charge on any atom is -0.348 e. The molecule has 0 aliphatic carbocycles. The van der Waals surface area contributed by atoms with E-state index < -0.39 is 0 Å². The molecule has 0 spiro atoms. The van der Waals surface area contributed by atoms with E-state index in [1.807, 2.05) is 60.4 Å². The van der Waals surface area contributed by atoms with Crippen molar-refractivity contribution in [1.29, 1.82) is 0 Å². The molecular weight excluding hydrogens is 338 g/mol. The Kier molecular flexibility index (Phi) is 6.58. The summed E-state index contributed by atoms with van der Waals surface area (Å²) in [5.41, 5.74) is 1.92. The molecule has 1 atom stereocenters. The number of rotatable bonds is 6. The van der Waals surface area contributed by atoms with E-state index in [-0.39, 0.29) is 17.9 Å². The predicted molar refractivity (Wildman–Crippen MR) is 105 cm³/mol. The maximum atomic E-state index is 12.4. The maximum absolute atomic E-state index is 12.4. The average molecular weight is 365 g/mol. The molecule has 2 amide bonds. The van der Waals surface area contributed by atoms with Crippen LogP contribution in [-0.4, -0.2) is 34.8 Å². The van der Waals surface area contributed by atoms with Crippen molar-refractivity contribution in [1.82, 2.24) is 15.2 Å². The van der Waals surface area contributed by atoms with Crippen molar-refractivity contribution in [3.8, 4) is 0 Å². The summed E-state index contributed by atoms with van der Waals surface area (Å²) in [7, 11) is 0. The van der Waals surface area contributed by atoms with Crippen LogP contribution in [0.25, 0.3) is 0 Å². The number of piperidine rings is 1. The Morgan fingerprint density at radius 3 is 2.48 bits per heavy atom. The molecule has 5 nitrogen and oxygen atoms in total. The van der Waals surface area contributed by atoms with Crippen LogP contribution in [0.4, 0.5) is 0 Å². The van der Waals surface area contributed by atoms with Crippen LogP contribution in [0.5, 0.6) is 0 Å². The highest BCUT2D eigenvalue weighted by atomic mass is 16.2. The molecule has 2 heterocycles. The monoisotopic (exact) mass is 365 g/mol. The summed E-state index contributed by atoms with van der Waals surface area (Å²) in [6.45, 7) is 3.42. The van der Waals surface area contributed by atoms with Crippen molar-refractivity contribution < 1.29 is 9.59 Å². The summed E-state index contributed by atoms with van der Waals surface area (Å²) >= 11 is 0. The lowest BCUT2D eigenvalue weighted by Gasteiger charge is -2.32. The van der Waals surface area contributed by atoms with Crippen LogP contribution in [-0.2, 0) is 16.0 Å². The normalized spacial score (nSPS) is 16.0. The van der Waals surface area contributed by atoms with Crippen LogP contribution < -0.4 is 5.32 Å². The van der Waals surface area contributed by atoms with Crippen LogP contribution >= 0.6 is 0 Å². The van der Waals surface area contributed by atoms with Gasteiger partial charge in [0.25, 0.3) is 0 Å². The molecule has 27 heavy (non-hydrogen) atoms. The van der Waals surface area contributed by atoms with Crippen LogP contribution in [0, 0.1) is 5.92 Å². The van der Waals surface area contributed by atoms with Crippen LogP contribution in [0.3, 0.4) is 0 Å². The van der Waals surface area contributed by atoms with Crippen molar-refractivity contribution in [3.05, 3.63) is 66.0 Å². The SMILES string of the molecule is CC(NC(=O)CC1CCN(C(=O)Cc2ccccc2)CC1)c1ccccn1. The Labute approximate surface area is 160 Å². The number of likely N-dealkylation sites (tertiary alicyclic amines) is 1. The van der Waals surface area contributed by atoms with E-state index in [0.717, 1.165) is 37.2 Å². The lowest BCUT2D eigenvalue weighted by atomic mass is 9.92. The first-order valence-corrected chi connectivity index (χ1v) is 9.64. The molecule has 3 rings (SSSR count). The zero-order chi connectivity index (χ0) is 19.1. The third-order valence-corrected chi connectivity index (χ3v) is 5.15. The fraction of sp³-hybridized carbons (Fsp3) is 0.409. The molecule has 142 valence electrons. The van der Waals surface area contributed by atoms with Crippen molar-refractivity contribution in [3.63, 3.8) is 0 Å². The van der Waals surface area contributed by atoms with E-state index in [1.54, 1.807) is 6.20 Å². The van der Waals surface area contributed by atoms with Gasteiger partial charge in [0, 0.05) is 25.7 Å². The second kappa shape index (κ2) is 9.31. The average Bonchev–Trinajstić information content (AvgIpc) is 2.70.